The summed E-state index contributed by atoms with van der Waals surface area (Å²) < 4.78 is 140. The highest BCUT2D eigenvalue weighted by atomic mass is 32.2. The normalized spacial score (nSPS) is 12.1. The molecule has 0 aliphatic heterocycles. The number of aromatic amines is 2. The Morgan fingerprint density at radius 1 is 0.467 bits per heavy atom. The van der Waals surface area contributed by atoms with Crippen molar-refractivity contribution in [2.45, 2.75) is 33.4 Å². The molecule has 16 N–H and O–H groups in total. The summed E-state index contributed by atoms with van der Waals surface area (Å²) in [7, 11) is -21.0. The Morgan fingerprint density at radius 2 is 0.826 bits per heavy atom. The zero-order valence-corrected chi connectivity index (χ0v) is 49.0. The molecule has 0 fully saturated rings. The van der Waals surface area contributed by atoms with Gasteiger partial charge in [0.1, 0.15) is 32.5 Å². The van der Waals surface area contributed by atoms with Gasteiger partial charge in [0.25, 0.3) is 52.3 Å². The van der Waals surface area contributed by atoms with Gasteiger partial charge in [0.05, 0.1) is 32.3 Å². The van der Waals surface area contributed by atoms with Gasteiger partial charge in [-0.3, -0.25) is 59.5 Å². The maximum Gasteiger partial charge on any atom is 0.351 e. The van der Waals surface area contributed by atoms with Crippen LogP contribution in [-0.2, 0) is 40.5 Å². The number of benzene rings is 7. The number of amides is 2. The van der Waals surface area contributed by atoms with Crippen LogP contribution >= 0.6 is 0 Å². The van der Waals surface area contributed by atoms with Gasteiger partial charge in [0.15, 0.2) is 11.5 Å². The monoisotopic (exact) mass is 1340 g/mol. The van der Waals surface area contributed by atoms with Crippen LogP contribution in [0.4, 0.5) is 57.9 Å². The molecule has 2 amide bonds. The molecule has 38 nitrogen and oxygen atoms in total. The molecule has 0 saturated heterocycles. The van der Waals surface area contributed by atoms with E-state index >= 15 is 0 Å². The van der Waals surface area contributed by atoms with Gasteiger partial charge in [0, 0.05) is 21.9 Å². The van der Waals surface area contributed by atoms with E-state index in [9.17, 15) is 101 Å². The van der Waals surface area contributed by atoms with E-state index in [4.69, 9.17) is 0 Å². The first-order chi connectivity index (χ1) is 43.0. The number of H-pyrrole nitrogens is 2. The minimum atomic E-state index is -5.36. The molecule has 0 atom stereocenters. The maximum atomic E-state index is 13.2. The number of aromatic nitrogens is 6. The fourth-order valence-electron chi connectivity index (χ4n) is 8.42. The predicted molar refractivity (Wildman–Crippen MR) is 316 cm³/mol. The van der Waals surface area contributed by atoms with Gasteiger partial charge in [-0.2, -0.15) is 53.6 Å². The minimum Gasteiger partial charge on any atom is -0.505 e. The molecule has 7 aromatic carbocycles. The minimum absolute atomic E-state index is 0.166. The number of anilines is 6. The molecule has 0 spiro atoms. The fourth-order valence-corrected chi connectivity index (χ4v) is 10.8. The number of nitrogens with zero attached hydrogens (tertiary/aromatic N) is 8. The third kappa shape index (κ3) is 14.4. The van der Waals surface area contributed by atoms with E-state index < -0.39 is 186 Å². The van der Waals surface area contributed by atoms with E-state index in [2.05, 4.69) is 82.7 Å². The molecule has 9 rings (SSSR count). The zero-order valence-electron chi connectivity index (χ0n) is 45.7. The Hall–Kier alpha value is -11.8. The number of aryl methyl sites for hydroxylation is 2. The molecule has 0 unspecified atom stereocenters. The van der Waals surface area contributed by atoms with Crippen LogP contribution < -0.4 is 43.7 Å². The van der Waals surface area contributed by atoms with Crippen molar-refractivity contribution in [3.8, 4) is 11.5 Å². The molecule has 0 aliphatic carbocycles. The number of carboxylic acids is 2. The fraction of sp³-hybridized carbons (Fsp3) is 0.0400. The van der Waals surface area contributed by atoms with E-state index in [1.165, 1.54) is 36.4 Å². The number of carbonyl (C=O) groups is 4. The number of carboxylic acid groups (broad SMARTS) is 2. The molecule has 0 saturated carbocycles. The first kappa shape index (κ1) is 64.7. The molecule has 2 heterocycles. The lowest BCUT2D eigenvalue weighted by molar-refractivity contribution is 0.0686. The van der Waals surface area contributed by atoms with Crippen molar-refractivity contribution in [2.75, 3.05) is 21.5 Å². The number of hydrazine groups is 2. The summed E-state index contributed by atoms with van der Waals surface area (Å²) in [5.41, 5.74) is 2.54. The van der Waals surface area contributed by atoms with Gasteiger partial charge in [-0.15, -0.1) is 20.5 Å². The van der Waals surface area contributed by atoms with Gasteiger partial charge in [-0.25, -0.2) is 19.2 Å². The number of nitrogens with one attached hydrogen (secondary N) is 8. The van der Waals surface area contributed by atoms with E-state index in [1.54, 1.807) is 13.8 Å². The zero-order chi connectivity index (χ0) is 67.1. The Kier molecular flexibility index (Phi) is 17.3. The van der Waals surface area contributed by atoms with Gasteiger partial charge in [0.2, 0.25) is 23.8 Å². The maximum absolute atomic E-state index is 13.2. The summed E-state index contributed by atoms with van der Waals surface area (Å²) in [5.74, 6) is -9.71. The number of fused-ring (bicyclic) bond motifs is 2. The summed E-state index contributed by atoms with van der Waals surface area (Å²) in [6.07, 6.45) is 0. The van der Waals surface area contributed by atoms with Crippen molar-refractivity contribution in [1.29, 1.82) is 0 Å². The predicted octanol–water partition coefficient (Wildman–Crippen LogP) is 5.19. The standard InChI is InChI=1S/C50H38N16O22S4/c1-19-3-9-29(27(11-19)43(71)72)59-61-37-33(91(83,84)85)15-23-13-25(89(77,78)79)17-31(35(23)39(37)67)51-45-53-47(57-49(75)55-45)65-63-41(69)21-5-7-22(8-6-21)42(70)64-66-48-54-46(56-50(76)58-48)52-32-18-26(90(80,81)82)14-24-16-34(92(86,87)88)38(40(68)36(24)32)62-60-30-10-4-20(2)12-28(30)44(73)74/h3-18,67-68H,1-2H3,(H,63,69)(H,64,70)(H,71,72)(H,73,74)(H,77,78,79)(H,80,81,82)(H,83,84,85)(H,86,87,88)(H3,51,53,55,57,65,75)(H3,52,54,56,58,66,76). The topological polar surface area (TPSA) is 606 Å². The van der Waals surface area contributed by atoms with Crippen molar-refractivity contribution in [3.05, 3.63) is 151 Å². The molecule has 92 heavy (non-hydrogen) atoms. The third-order valence-electron chi connectivity index (χ3n) is 12.5. The quantitative estimate of drug-likeness (QED) is 0.0265. The van der Waals surface area contributed by atoms with Gasteiger partial charge < -0.3 is 31.1 Å². The van der Waals surface area contributed by atoms with E-state index in [0.29, 0.717) is 47.5 Å². The summed E-state index contributed by atoms with van der Waals surface area (Å²) >= 11 is 0. The van der Waals surface area contributed by atoms with Crippen LogP contribution in [0.15, 0.2) is 147 Å². The lowest BCUT2D eigenvalue weighted by Gasteiger charge is -2.15. The number of carbonyl (C=O) groups excluding carboxylic acids is 2. The number of hydrogen-bond acceptors (Lipinski definition) is 28. The Bertz CT molecular complexity index is 5010. The SMILES string of the molecule is Cc1ccc(N=Nc2c(S(=O)(=O)O)cc3cc(S(=O)(=O)O)cc(Nc4nc(NNC(=O)c5ccc(C(=O)NNc6nc(Nc7cc(S(=O)(=O)O)cc8cc(S(=O)(=O)O)c(N=Nc9ccc(C)cc9C(=O)O)c(O)c78)[nH]c(=O)n6)cc5)nc(=O)[nH]4)c3c2O)c(C(=O)O)c1. The molecule has 0 aliphatic rings. The van der Waals surface area contributed by atoms with Gasteiger partial charge >= 0.3 is 23.3 Å². The first-order valence-electron chi connectivity index (χ1n) is 24.8. The van der Waals surface area contributed by atoms with Crippen molar-refractivity contribution in [3.63, 3.8) is 0 Å². The van der Waals surface area contributed by atoms with Crippen LogP contribution in [0, 0.1) is 13.8 Å². The number of phenolic OH excluding ortho intramolecular Hbond substituents is 2. The molecular weight excluding hydrogens is 1300 g/mol. The number of aromatic hydroxyl groups is 2. The van der Waals surface area contributed by atoms with Gasteiger partial charge in [-0.05, 0) is 110 Å². The average Bonchev–Trinajstić information content (AvgIpc) is 0.754. The van der Waals surface area contributed by atoms with Crippen LogP contribution in [0.5, 0.6) is 11.5 Å². The second-order valence-corrected chi connectivity index (χ2v) is 24.5. The molecule has 474 valence electrons. The summed E-state index contributed by atoms with van der Waals surface area (Å²) in [6, 6.07) is 16.2. The molecule has 9 aromatic rings. The molecular formula is C50H38N16O22S4. The Balaban J connectivity index is 0.920. The molecule has 2 aromatic heterocycles. The Morgan fingerprint density at radius 3 is 1.15 bits per heavy atom. The summed E-state index contributed by atoms with van der Waals surface area (Å²) in [5, 5.41) is 60.4. The number of hydrogen-bond donors (Lipinski definition) is 16. The van der Waals surface area contributed by atoms with Crippen molar-refractivity contribution in [1.82, 2.24) is 40.8 Å². The molecule has 0 radical (unpaired) electrons. The van der Waals surface area contributed by atoms with Crippen molar-refractivity contribution >= 4 is 144 Å². The van der Waals surface area contributed by atoms with Crippen LogP contribution in [-0.4, -0.2) is 126 Å². The highest BCUT2D eigenvalue weighted by Crippen LogP contribution is 2.48. The van der Waals surface area contributed by atoms with E-state index in [0.717, 1.165) is 24.3 Å². The highest BCUT2D eigenvalue weighted by molar-refractivity contribution is 7.86. The largest absolute Gasteiger partial charge is 0.505 e. The van der Waals surface area contributed by atoms with E-state index in [-0.39, 0.29) is 22.5 Å². The summed E-state index contributed by atoms with van der Waals surface area (Å²) in [6.45, 7) is 3.13. The second-order valence-electron chi connectivity index (χ2n) is 18.9. The van der Waals surface area contributed by atoms with Gasteiger partial charge in [-0.1, -0.05) is 23.3 Å². The number of aromatic carboxylic acids is 2. The number of phenols is 2. The van der Waals surface area contributed by atoms with Crippen LogP contribution in [0.1, 0.15) is 52.6 Å². The Labute approximate surface area is 511 Å². The number of rotatable bonds is 20. The van der Waals surface area contributed by atoms with Crippen LogP contribution in [0.2, 0.25) is 0 Å². The second kappa shape index (κ2) is 24.6. The highest BCUT2D eigenvalue weighted by Gasteiger charge is 2.29. The third-order valence-corrected chi connectivity index (χ3v) is 15.9. The smallest absolute Gasteiger partial charge is 0.351 e. The van der Waals surface area contributed by atoms with Crippen LogP contribution in [0.25, 0.3) is 21.5 Å². The molecule has 42 heteroatoms. The first-order valence-corrected chi connectivity index (χ1v) is 30.6. The lowest BCUT2D eigenvalue weighted by atomic mass is 10.1. The summed E-state index contributed by atoms with van der Waals surface area (Å²) in [4.78, 5) is 91.1. The van der Waals surface area contributed by atoms with Crippen LogP contribution in [0.3, 0.4) is 0 Å². The van der Waals surface area contributed by atoms with Crippen molar-refractivity contribution < 1.29 is 91.5 Å². The van der Waals surface area contributed by atoms with Crippen molar-refractivity contribution in [2.24, 2.45) is 20.5 Å². The van der Waals surface area contributed by atoms with E-state index in [1.807, 2.05) is 0 Å². The number of azo groups is 2. The molecule has 0 bridgehead atoms. The average molecular weight is 1340 g/mol. The lowest BCUT2D eigenvalue weighted by Crippen LogP contribution is -2.33.